The van der Waals surface area contributed by atoms with Crippen molar-refractivity contribution in [2.24, 2.45) is 0 Å². The van der Waals surface area contributed by atoms with Gasteiger partial charge in [0.05, 0.1) is 0 Å². The van der Waals surface area contributed by atoms with E-state index in [0.717, 1.165) is 43.7 Å². The average Bonchev–Trinajstić information content (AvgIpc) is 2.92. The molecule has 0 spiro atoms. The molecule has 2 heterocycles. The van der Waals surface area contributed by atoms with Gasteiger partial charge in [-0.05, 0) is 44.7 Å². The number of hydrogen-bond donors (Lipinski definition) is 2. The zero-order valence-electron chi connectivity index (χ0n) is 15.8. The van der Waals surface area contributed by atoms with Crippen molar-refractivity contribution in [2.45, 2.75) is 46.2 Å². The van der Waals surface area contributed by atoms with E-state index in [4.69, 9.17) is 0 Å². The number of benzene rings is 1. The summed E-state index contributed by atoms with van der Waals surface area (Å²) >= 11 is 0. The molecule has 1 fully saturated rings. The molecule has 1 aliphatic heterocycles. The van der Waals surface area contributed by atoms with Crippen molar-refractivity contribution in [1.82, 2.24) is 15.2 Å². The van der Waals surface area contributed by atoms with Gasteiger partial charge in [0.15, 0.2) is 5.78 Å². The molecular formula is C21H27N3O2. The molecule has 0 atom stereocenters. The van der Waals surface area contributed by atoms with E-state index >= 15 is 0 Å². The molecule has 2 aromatic rings. The third-order valence-corrected chi connectivity index (χ3v) is 5.19. The predicted octanol–water partition coefficient (Wildman–Crippen LogP) is 3.23. The first-order valence-electron chi connectivity index (χ1n) is 9.23. The summed E-state index contributed by atoms with van der Waals surface area (Å²) in [6.45, 7) is 8.11. The quantitative estimate of drug-likeness (QED) is 0.811. The van der Waals surface area contributed by atoms with E-state index in [9.17, 15) is 9.59 Å². The van der Waals surface area contributed by atoms with Crippen LogP contribution in [0.4, 0.5) is 0 Å². The second kappa shape index (κ2) is 7.87. The Labute approximate surface area is 154 Å². The molecule has 5 nitrogen and oxygen atoms in total. The smallest absolute Gasteiger partial charge is 0.268 e. The summed E-state index contributed by atoms with van der Waals surface area (Å²) in [5.41, 5.74) is 3.98. The number of Topliss-reactive ketones (excluding diaryl/α,β-unsaturated/α-hetero) is 1. The standard InChI is InChI=1S/C21H27N3O2/c1-14-19(16(3)25)15(2)22-20(14)21(26)23-18-9-11-24(12-10-18)13-17-7-5-4-6-8-17/h4-8,18,22H,9-13H2,1-3H3,(H,23,26). The lowest BCUT2D eigenvalue weighted by Gasteiger charge is -2.32. The molecule has 2 N–H and O–H groups in total. The average molecular weight is 353 g/mol. The number of aromatic nitrogens is 1. The summed E-state index contributed by atoms with van der Waals surface area (Å²) in [6.07, 6.45) is 1.88. The second-order valence-corrected chi connectivity index (χ2v) is 7.19. The number of ketones is 1. The largest absolute Gasteiger partial charge is 0.354 e. The van der Waals surface area contributed by atoms with Crippen LogP contribution in [0.5, 0.6) is 0 Å². The van der Waals surface area contributed by atoms with Gasteiger partial charge < -0.3 is 10.3 Å². The Morgan fingerprint density at radius 2 is 1.81 bits per heavy atom. The van der Waals surface area contributed by atoms with Crippen LogP contribution in [0.15, 0.2) is 30.3 Å². The summed E-state index contributed by atoms with van der Waals surface area (Å²) in [7, 11) is 0. The monoisotopic (exact) mass is 353 g/mol. The van der Waals surface area contributed by atoms with Crippen LogP contribution in [0.3, 0.4) is 0 Å². The molecule has 1 saturated heterocycles. The summed E-state index contributed by atoms with van der Waals surface area (Å²) in [5, 5.41) is 3.13. The van der Waals surface area contributed by atoms with Gasteiger partial charge in [-0.2, -0.15) is 0 Å². The zero-order valence-corrected chi connectivity index (χ0v) is 15.8. The fraction of sp³-hybridized carbons (Fsp3) is 0.429. The van der Waals surface area contributed by atoms with Crippen molar-refractivity contribution in [1.29, 1.82) is 0 Å². The predicted molar refractivity (Wildman–Crippen MR) is 102 cm³/mol. The van der Waals surface area contributed by atoms with Crippen LogP contribution < -0.4 is 5.32 Å². The lowest BCUT2D eigenvalue weighted by molar-refractivity contribution is 0.0903. The third-order valence-electron chi connectivity index (χ3n) is 5.19. The highest BCUT2D eigenvalue weighted by atomic mass is 16.2. The van der Waals surface area contributed by atoms with Crippen LogP contribution in [-0.2, 0) is 6.54 Å². The minimum atomic E-state index is -0.111. The van der Waals surface area contributed by atoms with E-state index in [-0.39, 0.29) is 17.7 Å². The van der Waals surface area contributed by atoms with Crippen LogP contribution in [0.1, 0.15) is 57.4 Å². The number of carbonyl (C=O) groups is 2. The van der Waals surface area contributed by atoms with Gasteiger partial charge >= 0.3 is 0 Å². The molecule has 138 valence electrons. The minimum absolute atomic E-state index is 0.00970. The normalized spacial score (nSPS) is 15.8. The molecule has 0 bridgehead atoms. The molecule has 0 radical (unpaired) electrons. The number of carbonyl (C=O) groups excluding carboxylic acids is 2. The number of nitrogens with one attached hydrogen (secondary N) is 2. The van der Waals surface area contributed by atoms with E-state index < -0.39 is 0 Å². The number of nitrogens with zero attached hydrogens (tertiary/aromatic N) is 1. The molecule has 0 unspecified atom stereocenters. The van der Waals surface area contributed by atoms with Crippen LogP contribution in [0.2, 0.25) is 0 Å². The maximum absolute atomic E-state index is 12.6. The van der Waals surface area contributed by atoms with Gasteiger partial charge in [-0.3, -0.25) is 14.5 Å². The SMILES string of the molecule is CC(=O)c1c(C)[nH]c(C(=O)NC2CCN(Cc3ccccc3)CC2)c1C. The highest BCUT2D eigenvalue weighted by molar-refractivity contribution is 6.02. The van der Waals surface area contributed by atoms with E-state index in [1.807, 2.05) is 19.9 Å². The van der Waals surface area contributed by atoms with Gasteiger partial charge in [0.25, 0.3) is 5.91 Å². The van der Waals surface area contributed by atoms with Gasteiger partial charge in [0.1, 0.15) is 5.69 Å². The molecule has 1 aromatic carbocycles. The number of rotatable bonds is 5. The second-order valence-electron chi connectivity index (χ2n) is 7.19. The van der Waals surface area contributed by atoms with Crippen molar-refractivity contribution < 1.29 is 9.59 Å². The molecule has 5 heteroatoms. The minimum Gasteiger partial charge on any atom is -0.354 e. The Balaban J connectivity index is 1.55. The summed E-state index contributed by atoms with van der Waals surface area (Å²) in [5.74, 6) is -0.121. The first kappa shape index (κ1) is 18.4. The van der Waals surface area contributed by atoms with E-state index in [1.54, 1.807) is 0 Å². The molecule has 1 aliphatic rings. The number of amides is 1. The third kappa shape index (κ3) is 4.05. The Morgan fingerprint density at radius 3 is 2.38 bits per heavy atom. The summed E-state index contributed by atoms with van der Waals surface area (Å²) < 4.78 is 0. The Morgan fingerprint density at radius 1 is 1.15 bits per heavy atom. The maximum Gasteiger partial charge on any atom is 0.268 e. The molecule has 0 aliphatic carbocycles. The number of likely N-dealkylation sites (tertiary alicyclic amines) is 1. The van der Waals surface area contributed by atoms with Gasteiger partial charge in [-0.15, -0.1) is 0 Å². The van der Waals surface area contributed by atoms with Gasteiger partial charge in [0.2, 0.25) is 0 Å². The van der Waals surface area contributed by atoms with Crippen molar-refractivity contribution in [3.63, 3.8) is 0 Å². The Bertz CT molecular complexity index is 787. The fourth-order valence-electron chi connectivity index (χ4n) is 3.84. The number of aryl methyl sites for hydroxylation is 1. The molecular weight excluding hydrogens is 326 g/mol. The van der Waals surface area contributed by atoms with Crippen molar-refractivity contribution in [3.05, 3.63) is 58.4 Å². The van der Waals surface area contributed by atoms with Crippen LogP contribution in [0, 0.1) is 13.8 Å². The van der Waals surface area contributed by atoms with E-state index in [1.165, 1.54) is 12.5 Å². The number of hydrogen-bond acceptors (Lipinski definition) is 3. The number of aromatic amines is 1. The zero-order chi connectivity index (χ0) is 18.7. The maximum atomic E-state index is 12.6. The lowest BCUT2D eigenvalue weighted by atomic mass is 10.0. The van der Waals surface area contributed by atoms with Gasteiger partial charge in [0, 0.05) is 36.9 Å². The van der Waals surface area contributed by atoms with Crippen molar-refractivity contribution >= 4 is 11.7 Å². The topological polar surface area (TPSA) is 65.2 Å². The summed E-state index contributed by atoms with van der Waals surface area (Å²) in [6, 6.07) is 10.6. The lowest BCUT2D eigenvalue weighted by Crippen LogP contribution is -2.44. The summed E-state index contributed by atoms with van der Waals surface area (Å²) in [4.78, 5) is 29.9. The highest BCUT2D eigenvalue weighted by Gasteiger charge is 2.24. The first-order chi connectivity index (χ1) is 12.5. The van der Waals surface area contributed by atoms with Crippen LogP contribution in [-0.4, -0.2) is 40.7 Å². The molecule has 1 amide bonds. The van der Waals surface area contributed by atoms with Crippen molar-refractivity contribution in [2.75, 3.05) is 13.1 Å². The number of piperidine rings is 1. The van der Waals surface area contributed by atoms with Crippen LogP contribution in [0.25, 0.3) is 0 Å². The highest BCUT2D eigenvalue weighted by Crippen LogP contribution is 2.19. The van der Waals surface area contributed by atoms with Crippen molar-refractivity contribution in [3.8, 4) is 0 Å². The van der Waals surface area contributed by atoms with E-state index in [2.05, 4.69) is 39.5 Å². The molecule has 1 aromatic heterocycles. The molecule has 0 saturated carbocycles. The Hall–Kier alpha value is -2.40. The number of H-pyrrole nitrogens is 1. The fourth-order valence-corrected chi connectivity index (χ4v) is 3.84. The Kier molecular flexibility index (Phi) is 5.57. The molecule has 26 heavy (non-hydrogen) atoms. The van der Waals surface area contributed by atoms with Gasteiger partial charge in [-0.1, -0.05) is 30.3 Å². The first-order valence-corrected chi connectivity index (χ1v) is 9.23. The van der Waals surface area contributed by atoms with Gasteiger partial charge in [-0.25, -0.2) is 0 Å². The van der Waals surface area contributed by atoms with E-state index in [0.29, 0.717) is 11.3 Å². The van der Waals surface area contributed by atoms with Crippen LogP contribution >= 0.6 is 0 Å². The molecule has 3 rings (SSSR count).